The van der Waals surface area contributed by atoms with Gasteiger partial charge in [0.15, 0.2) is 17.5 Å². The lowest BCUT2D eigenvalue weighted by molar-refractivity contribution is 0.768. The summed E-state index contributed by atoms with van der Waals surface area (Å²) < 4.78 is 0. The third-order valence-electron chi connectivity index (χ3n) is 12.0. The molecule has 1 aliphatic rings. The molecule has 0 N–H and O–H groups in total. The van der Waals surface area contributed by atoms with Crippen LogP contribution in [0.1, 0.15) is 27.8 Å². The van der Waals surface area contributed by atoms with Crippen LogP contribution >= 0.6 is 0 Å². The third-order valence-corrected chi connectivity index (χ3v) is 12.0. The summed E-state index contributed by atoms with van der Waals surface area (Å²) in [4.78, 5) is 15.0. The predicted octanol–water partition coefficient (Wildman–Crippen LogP) is 13.6. The first-order valence-corrected chi connectivity index (χ1v) is 20.5. The van der Waals surface area contributed by atoms with Gasteiger partial charge in [-0.25, -0.2) is 15.0 Å². The van der Waals surface area contributed by atoms with Crippen LogP contribution in [-0.2, 0) is 5.41 Å². The van der Waals surface area contributed by atoms with Gasteiger partial charge in [0.2, 0.25) is 0 Å². The first kappa shape index (κ1) is 35.9. The van der Waals surface area contributed by atoms with Gasteiger partial charge in [-0.1, -0.05) is 200 Å². The first-order valence-electron chi connectivity index (χ1n) is 20.5. The Morgan fingerprint density at radius 1 is 0.344 bits per heavy atom. The highest BCUT2D eigenvalue weighted by atomic mass is 15.0. The molecule has 1 heterocycles. The maximum absolute atomic E-state index is 9.63. The Morgan fingerprint density at radius 2 is 0.820 bits per heavy atom. The fraction of sp³-hybridized carbons (Fsp3) is 0.0175. The number of rotatable bonds is 7. The molecular weight excluding hydrogens is 741 g/mol. The van der Waals surface area contributed by atoms with Crippen molar-refractivity contribution in [3.05, 3.63) is 246 Å². The van der Waals surface area contributed by atoms with E-state index in [9.17, 15) is 5.26 Å². The molecule has 0 amide bonds. The van der Waals surface area contributed by atoms with Crippen LogP contribution in [0.4, 0.5) is 0 Å². The summed E-state index contributed by atoms with van der Waals surface area (Å²) >= 11 is 0. The highest BCUT2D eigenvalue weighted by Crippen LogP contribution is 2.59. The van der Waals surface area contributed by atoms with Crippen LogP contribution in [-0.4, -0.2) is 15.0 Å². The molecule has 11 rings (SSSR count). The summed E-state index contributed by atoms with van der Waals surface area (Å²) in [5.74, 6) is 1.87. The molecule has 4 heteroatoms. The van der Waals surface area contributed by atoms with E-state index in [-0.39, 0.29) is 0 Å². The minimum atomic E-state index is -0.550. The number of benzene rings is 9. The lowest BCUT2D eigenvalue weighted by Crippen LogP contribution is -2.28. The van der Waals surface area contributed by atoms with Crippen LogP contribution in [0.25, 0.3) is 78.3 Å². The van der Waals surface area contributed by atoms with E-state index in [0.29, 0.717) is 23.0 Å². The Hall–Kier alpha value is -8.26. The van der Waals surface area contributed by atoms with Crippen LogP contribution in [0.15, 0.2) is 218 Å². The zero-order valence-electron chi connectivity index (χ0n) is 33.1. The fourth-order valence-electron chi connectivity index (χ4n) is 9.28. The third kappa shape index (κ3) is 6.03. The van der Waals surface area contributed by atoms with Gasteiger partial charge >= 0.3 is 0 Å². The van der Waals surface area contributed by atoms with Gasteiger partial charge in [-0.2, -0.15) is 5.26 Å². The Balaban J connectivity index is 1.16. The van der Waals surface area contributed by atoms with Crippen molar-refractivity contribution >= 4 is 10.8 Å². The monoisotopic (exact) mass is 776 g/mol. The van der Waals surface area contributed by atoms with Crippen molar-refractivity contribution in [1.29, 1.82) is 5.26 Å². The molecule has 0 saturated heterocycles. The molecule has 1 aliphatic carbocycles. The van der Waals surface area contributed by atoms with E-state index in [1.165, 1.54) is 33.4 Å². The fourth-order valence-corrected chi connectivity index (χ4v) is 9.28. The lowest BCUT2D eigenvalue weighted by Gasteiger charge is -2.34. The van der Waals surface area contributed by atoms with Crippen molar-refractivity contribution in [2.75, 3.05) is 0 Å². The highest BCUT2D eigenvalue weighted by molar-refractivity contribution is 6.03. The normalized spacial score (nSPS) is 12.4. The van der Waals surface area contributed by atoms with Crippen molar-refractivity contribution < 1.29 is 0 Å². The smallest absolute Gasteiger partial charge is 0.164 e. The molecule has 1 aromatic heterocycles. The molecule has 0 aliphatic heterocycles. The van der Waals surface area contributed by atoms with Gasteiger partial charge in [0, 0.05) is 16.7 Å². The van der Waals surface area contributed by atoms with Gasteiger partial charge in [-0.3, -0.25) is 0 Å². The minimum Gasteiger partial charge on any atom is -0.208 e. The summed E-state index contributed by atoms with van der Waals surface area (Å²) in [6.07, 6.45) is 0. The predicted molar refractivity (Wildman–Crippen MR) is 247 cm³/mol. The van der Waals surface area contributed by atoms with E-state index in [2.05, 4.69) is 146 Å². The van der Waals surface area contributed by atoms with E-state index in [4.69, 9.17) is 15.0 Å². The topological polar surface area (TPSA) is 62.5 Å². The molecule has 284 valence electrons. The minimum absolute atomic E-state index is 0.550. The molecular formula is C57H36N4. The first-order chi connectivity index (χ1) is 30.2. The Kier molecular flexibility index (Phi) is 8.73. The Bertz CT molecular complexity index is 3190. The van der Waals surface area contributed by atoms with Gasteiger partial charge in [0.1, 0.15) is 0 Å². The zero-order chi connectivity index (χ0) is 40.8. The SMILES string of the molecule is N#Cc1ccc2cc(-c3ccc4c(c3-c3ccc(-c5nc(-c6ccccc6)nc(-c6ccccc6)n5)cc3)-c3ccccc3C4(c3ccccc3)c3ccccc3)ccc2c1. The van der Waals surface area contributed by atoms with Gasteiger partial charge in [-0.05, 0) is 84.6 Å². The van der Waals surface area contributed by atoms with Crippen molar-refractivity contribution in [2.45, 2.75) is 5.41 Å². The molecule has 0 unspecified atom stereocenters. The standard InChI is InChI=1S/C57H36N4/c58-37-38-25-26-44-36-45(32-31-43(44)35-38)48-33-34-51-53(49-23-13-14-24-50(49)57(51,46-19-9-3-10-20-46)47-21-11-4-12-22-47)52(48)39-27-29-42(30-28-39)56-60-54(40-15-5-1-6-16-40)59-55(61-56)41-17-7-2-8-18-41/h1-36H. The number of nitrogens with zero attached hydrogens (tertiary/aromatic N) is 4. The molecule has 4 nitrogen and oxygen atoms in total. The molecule has 9 aromatic carbocycles. The molecule has 10 aromatic rings. The quantitative estimate of drug-likeness (QED) is 0.162. The van der Waals surface area contributed by atoms with E-state index >= 15 is 0 Å². The second kappa shape index (κ2) is 14.8. The molecule has 61 heavy (non-hydrogen) atoms. The van der Waals surface area contributed by atoms with Crippen molar-refractivity contribution in [3.63, 3.8) is 0 Å². The molecule has 0 fully saturated rings. The van der Waals surface area contributed by atoms with Gasteiger partial charge in [0.05, 0.1) is 17.0 Å². The number of aromatic nitrogens is 3. The average Bonchev–Trinajstić information content (AvgIpc) is 3.65. The van der Waals surface area contributed by atoms with Crippen molar-refractivity contribution in [3.8, 4) is 73.6 Å². The second-order valence-electron chi connectivity index (χ2n) is 15.4. The van der Waals surface area contributed by atoms with Gasteiger partial charge in [-0.15, -0.1) is 0 Å². The van der Waals surface area contributed by atoms with E-state index < -0.39 is 5.41 Å². The van der Waals surface area contributed by atoms with Crippen molar-refractivity contribution in [2.24, 2.45) is 0 Å². The maximum atomic E-state index is 9.63. The van der Waals surface area contributed by atoms with Crippen LogP contribution in [0.2, 0.25) is 0 Å². The number of fused-ring (bicyclic) bond motifs is 4. The number of hydrogen-bond donors (Lipinski definition) is 0. The molecule has 0 atom stereocenters. The summed E-state index contributed by atoms with van der Waals surface area (Å²) in [5.41, 5.74) is 14.7. The number of hydrogen-bond acceptors (Lipinski definition) is 4. The summed E-state index contributed by atoms with van der Waals surface area (Å²) in [6.45, 7) is 0. The lowest BCUT2D eigenvalue weighted by atomic mass is 9.67. The van der Waals surface area contributed by atoms with Crippen LogP contribution < -0.4 is 0 Å². The number of nitriles is 1. The summed E-state index contributed by atoms with van der Waals surface area (Å²) in [5, 5.41) is 11.8. The largest absolute Gasteiger partial charge is 0.208 e. The van der Waals surface area contributed by atoms with Crippen molar-refractivity contribution in [1.82, 2.24) is 15.0 Å². The molecule has 0 saturated carbocycles. The zero-order valence-corrected chi connectivity index (χ0v) is 33.1. The van der Waals surface area contributed by atoms with Crippen LogP contribution in [0.5, 0.6) is 0 Å². The maximum Gasteiger partial charge on any atom is 0.164 e. The molecule has 0 radical (unpaired) electrons. The second-order valence-corrected chi connectivity index (χ2v) is 15.4. The van der Waals surface area contributed by atoms with Crippen LogP contribution in [0.3, 0.4) is 0 Å². The Labute approximate surface area is 354 Å². The van der Waals surface area contributed by atoms with Gasteiger partial charge in [0.25, 0.3) is 0 Å². The van der Waals surface area contributed by atoms with E-state index in [1.54, 1.807) is 0 Å². The van der Waals surface area contributed by atoms with E-state index in [1.807, 2.05) is 78.9 Å². The molecule has 0 spiro atoms. The van der Waals surface area contributed by atoms with E-state index in [0.717, 1.165) is 49.7 Å². The Morgan fingerprint density at radius 3 is 1.41 bits per heavy atom. The van der Waals surface area contributed by atoms with Crippen LogP contribution in [0, 0.1) is 11.3 Å². The molecule has 0 bridgehead atoms. The summed E-state index contributed by atoms with van der Waals surface area (Å²) in [6, 6.07) is 79.1. The summed E-state index contributed by atoms with van der Waals surface area (Å²) in [7, 11) is 0. The average molecular weight is 777 g/mol. The highest BCUT2D eigenvalue weighted by Gasteiger charge is 2.47. The van der Waals surface area contributed by atoms with Gasteiger partial charge < -0.3 is 0 Å².